The Morgan fingerprint density at radius 3 is 2.27 bits per heavy atom. The fraction of sp³-hybridized carbons (Fsp3) is 0.381. The highest BCUT2D eigenvalue weighted by molar-refractivity contribution is 9.10. The molecule has 0 radical (unpaired) electrons. The Morgan fingerprint density at radius 2 is 1.73 bits per heavy atom. The Kier molecular flexibility index (Phi) is 6.84. The van der Waals surface area contributed by atoms with Gasteiger partial charge in [-0.2, -0.15) is 0 Å². The molecule has 4 nitrogen and oxygen atoms in total. The molecular formula is C21H28BrN2O2+. The number of ether oxygens (including phenoxy) is 1. The molecule has 5 heteroatoms. The molecule has 1 amide bonds. The number of nitrogens with one attached hydrogen (secondary N) is 1. The fourth-order valence-corrected chi connectivity index (χ4v) is 3.77. The molecule has 0 aliphatic rings. The van der Waals surface area contributed by atoms with E-state index in [2.05, 4.69) is 52.5 Å². The molecule has 0 aliphatic carbocycles. The summed E-state index contributed by atoms with van der Waals surface area (Å²) in [6, 6.07) is 10.1. The van der Waals surface area contributed by atoms with Crippen LogP contribution in [0, 0.1) is 20.8 Å². The third-order valence-corrected chi connectivity index (χ3v) is 5.24. The first-order chi connectivity index (χ1) is 12.2. The summed E-state index contributed by atoms with van der Waals surface area (Å²) >= 11 is 3.52. The second-order valence-electron chi connectivity index (χ2n) is 6.93. The van der Waals surface area contributed by atoms with Gasteiger partial charge < -0.3 is 15.4 Å². The van der Waals surface area contributed by atoms with Crippen molar-refractivity contribution in [2.75, 3.05) is 12.4 Å². The van der Waals surface area contributed by atoms with Crippen LogP contribution >= 0.6 is 15.9 Å². The smallest absolute Gasteiger partial charge is 0.282 e. The second-order valence-corrected chi connectivity index (χ2v) is 7.78. The van der Waals surface area contributed by atoms with Crippen LogP contribution in [-0.4, -0.2) is 19.1 Å². The maximum atomic E-state index is 12.7. The minimum atomic E-state index is -0.203. The van der Waals surface area contributed by atoms with Crippen LogP contribution in [0.1, 0.15) is 42.1 Å². The molecule has 0 fully saturated rings. The van der Waals surface area contributed by atoms with Crippen molar-refractivity contribution in [2.24, 2.45) is 0 Å². The molecule has 140 valence electrons. The van der Waals surface area contributed by atoms with Crippen LogP contribution in [0.15, 0.2) is 34.8 Å². The number of aryl methyl sites for hydroxylation is 3. The van der Waals surface area contributed by atoms with E-state index in [0.717, 1.165) is 32.6 Å². The number of quaternary nitrogens is 1. The van der Waals surface area contributed by atoms with Crippen molar-refractivity contribution in [3.63, 3.8) is 0 Å². The van der Waals surface area contributed by atoms with Crippen molar-refractivity contribution in [1.29, 1.82) is 0 Å². The van der Waals surface area contributed by atoms with E-state index in [-0.39, 0.29) is 18.0 Å². The zero-order valence-corrected chi connectivity index (χ0v) is 17.9. The average molecular weight is 420 g/mol. The molecule has 0 unspecified atom stereocenters. The summed E-state index contributed by atoms with van der Waals surface area (Å²) in [6.45, 7) is 10.2. The zero-order valence-electron chi connectivity index (χ0n) is 16.3. The van der Waals surface area contributed by atoms with Crippen LogP contribution in [0.2, 0.25) is 0 Å². The van der Waals surface area contributed by atoms with Gasteiger partial charge in [0.05, 0.1) is 11.6 Å². The lowest BCUT2D eigenvalue weighted by atomic mass is 10.0. The number of methoxy groups -OCH3 is 1. The Bertz CT molecular complexity index is 782. The van der Waals surface area contributed by atoms with Gasteiger partial charge in [-0.3, -0.25) is 4.79 Å². The van der Waals surface area contributed by atoms with Crippen molar-refractivity contribution in [2.45, 2.75) is 46.7 Å². The third-order valence-electron chi connectivity index (χ3n) is 4.62. The molecule has 2 aromatic carbocycles. The third kappa shape index (κ3) is 4.86. The lowest BCUT2D eigenvalue weighted by Crippen LogP contribution is -2.91. The molecule has 0 bridgehead atoms. The molecule has 2 atom stereocenters. The molecule has 0 saturated heterocycles. The number of carbonyl (C=O) groups excluding carboxylic acids is 1. The minimum Gasteiger partial charge on any atom is -0.496 e. The molecule has 3 N–H and O–H groups in total. The summed E-state index contributed by atoms with van der Waals surface area (Å²) in [4.78, 5) is 12.7. The number of nitrogens with two attached hydrogens (primary N) is 1. The van der Waals surface area contributed by atoms with Crippen LogP contribution in [-0.2, 0) is 4.79 Å². The lowest BCUT2D eigenvalue weighted by molar-refractivity contribution is -0.709. The Morgan fingerprint density at radius 1 is 1.12 bits per heavy atom. The summed E-state index contributed by atoms with van der Waals surface area (Å²) in [6.07, 6.45) is 0. The molecule has 2 aromatic rings. The van der Waals surface area contributed by atoms with Crippen molar-refractivity contribution in [3.05, 3.63) is 57.1 Å². The van der Waals surface area contributed by atoms with Crippen LogP contribution in [0.3, 0.4) is 0 Å². The van der Waals surface area contributed by atoms with Crippen molar-refractivity contribution in [3.8, 4) is 5.75 Å². The monoisotopic (exact) mass is 419 g/mol. The number of hydrogen-bond donors (Lipinski definition) is 2. The summed E-state index contributed by atoms with van der Waals surface area (Å²) in [5, 5.41) is 5.16. The van der Waals surface area contributed by atoms with Gasteiger partial charge in [0, 0.05) is 11.3 Å². The highest BCUT2D eigenvalue weighted by Gasteiger charge is 2.22. The number of rotatable bonds is 6. The topological polar surface area (TPSA) is 54.9 Å². The maximum Gasteiger partial charge on any atom is 0.282 e. The molecule has 0 aromatic heterocycles. The van der Waals surface area contributed by atoms with Crippen molar-refractivity contribution in [1.82, 2.24) is 0 Å². The van der Waals surface area contributed by atoms with Crippen LogP contribution < -0.4 is 15.4 Å². The predicted molar refractivity (Wildman–Crippen MR) is 110 cm³/mol. The van der Waals surface area contributed by atoms with E-state index in [0.29, 0.717) is 0 Å². The highest BCUT2D eigenvalue weighted by Crippen LogP contribution is 2.27. The van der Waals surface area contributed by atoms with Gasteiger partial charge in [0.25, 0.3) is 5.91 Å². The van der Waals surface area contributed by atoms with Crippen LogP contribution in [0.25, 0.3) is 0 Å². The van der Waals surface area contributed by atoms with Gasteiger partial charge in [0.15, 0.2) is 6.04 Å². The highest BCUT2D eigenvalue weighted by atomic mass is 79.9. The predicted octanol–water partition coefficient (Wildman–Crippen LogP) is 4.03. The van der Waals surface area contributed by atoms with E-state index < -0.39 is 0 Å². The number of anilines is 1. The lowest BCUT2D eigenvalue weighted by Gasteiger charge is -2.19. The molecule has 2 rings (SSSR count). The normalized spacial score (nSPS) is 13.2. The Labute approximate surface area is 164 Å². The van der Waals surface area contributed by atoms with E-state index in [1.54, 1.807) is 7.11 Å². The standard InChI is InChI=1S/C21H27BrN2O2/c1-12-9-13(2)20(14(3)10-12)24-21(25)16(5)23-15(4)17-7-8-19(26-6)18(22)11-17/h7-11,15-16,23H,1-6H3,(H,24,25)/p+1/t15-,16-/m0/s1. The van der Waals surface area contributed by atoms with Gasteiger partial charge in [-0.05, 0) is 79.9 Å². The van der Waals surface area contributed by atoms with E-state index in [4.69, 9.17) is 4.74 Å². The molecule has 0 heterocycles. The molecule has 0 aliphatic heterocycles. The van der Waals surface area contributed by atoms with Gasteiger partial charge in [-0.1, -0.05) is 17.7 Å². The van der Waals surface area contributed by atoms with Gasteiger partial charge in [-0.15, -0.1) is 0 Å². The summed E-state index contributed by atoms with van der Waals surface area (Å²) in [7, 11) is 1.65. The first-order valence-corrected chi connectivity index (χ1v) is 9.59. The largest absolute Gasteiger partial charge is 0.496 e. The second kappa shape index (κ2) is 8.69. The average Bonchev–Trinajstić information content (AvgIpc) is 2.57. The van der Waals surface area contributed by atoms with Gasteiger partial charge in [-0.25, -0.2) is 0 Å². The fourth-order valence-electron chi connectivity index (χ4n) is 3.21. The Hall–Kier alpha value is -1.85. The Balaban J connectivity index is 2.06. The van der Waals surface area contributed by atoms with Gasteiger partial charge in [0.1, 0.15) is 11.8 Å². The molecule has 0 saturated carbocycles. The summed E-state index contributed by atoms with van der Waals surface area (Å²) in [5.41, 5.74) is 5.45. The maximum absolute atomic E-state index is 12.7. The number of carbonyl (C=O) groups is 1. The van der Waals surface area contributed by atoms with E-state index >= 15 is 0 Å². The number of benzene rings is 2. The minimum absolute atomic E-state index is 0.0134. The van der Waals surface area contributed by atoms with E-state index in [1.165, 1.54) is 5.56 Å². The van der Waals surface area contributed by atoms with E-state index in [9.17, 15) is 4.79 Å². The number of hydrogen-bond acceptors (Lipinski definition) is 2. The number of halogens is 1. The van der Waals surface area contributed by atoms with Crippen molar-refractivity contribution >= 4 is 27.5 Å². The quantitative estimate of drug-likeness (QED) is 0.742. The molecule has 26 heavy (non-hydrogen) atoms. The summed E-state index contributed by atoms with van der Waals surface area (Å²) < 4.78 is 6.19. The molecule has 0 spiro atoms. The van der Waals surface area contributed by atoms with Gasteiger partial charge >= 0.3 is 0 Å². The first kappa shape index (κ1) is 20.5. The zero-order chi connectivity index (χ0) is 19.4. The first-order valence-electron chi connectivity index (χ1n) is 8.80. The van der Waals surface area contributed by atoms with Crippen LogP contribution in [0.5, 0.6) is 5.75 Å². The van der Waals surface area contributed by atoms with Crippen molar-refractivity contribution < 1.29 is 14.8 Å². The van der Waals surface area contributed by atoms with Gasteiger partial charge in [0.2, 0.25) is 0 Å². The SMILES string of the molecule is COc1ccc([C@H](C)[NH2+][C@@H](C)C(=O)Nc2c(C)cc(C)cc2C)cc1Br. The molecular weight excluding hydrogens is 392 g/mol. The van der Waals surface area contributed by atoms with Crippen LogP contribution in [0.4, 0.5) is 5.69 Å². The summed E-state index contributed by atoms with van der Waals surface area (Å²) in [5.74, 6) is 0.816. The van der Waals surface area contributed by atoms with E-state index in [1.807, 2.05) is 39.0 Å². The number of amides is 1.